The van der Waals surface area contributed by atoms with Gasteiger partial charge in [-0.1, -0.05) is 31.2 Å². The SMILES string of the molecule is CCC1=C(C)C2=C(c3ccc(-n4cc(-c5cccc[n+]5C)nn4)cc3)c3c(C)c(CC)c(C)n3[B-](F)(F)[N+]2=C1C.O=S(=O)([O-])C(F)(F)F. The summed E-state index contributed by atoms with van der Waals surface area (Å²) in [5.41, 5.74) is 5.08. The summed E-state index contributed by atoms with van der Waals surface area (Å²) in [5.74, 6) is 0. The molecule has 2 aliphatic heterocycles. The van der Waals surface area contributed by atoms with Gasteiger partial charge >= 0.3 is 12.5 Å². The summed E-state index contributed by atoms with van der Waals surface area (Å²) in [4.78, 5) is 0. The lowest BCUT2D eigenvalue weighted by Crippen LogP contribution is -2.51. The predicted molar refractivity (Wildman–Crippen MR) is 170 cm³/mol. The van der Waals surface area contributed by atoms with E-state index < -0.39 is 22.6 Å². The highest BCUT2D eigenvalue weighted by Gasteiger charge is 2.56. The fraction of sp³-hybridized carbons (Fsp3) is 0.312. The van der Waals surface area contributed by atoms with Gasteiger partial charge in [0.15, 0.2) is 27.7 Å². The second kappa shape index (κ2) is 12.2. The molecule has 254 valence electrons. The third-order valence-corrected chi connectivity index (χ3v) is 9.58. The summed E-state index contributed by atoms with van der Waals surface area (Å²) in [5, 5.41) is 8.74. The minimum absolute atomic E-state index is 0.627. The Labute approximate surface area is 275 Å². The van der Waals surface area contributed by atoms with Crippen molar-refractivity contribution in [1.82, 2.24) is 19.5 Å². The molecule has 0 fully saturated rings. The van der Waals surface area contributed by atoms with Gasteiger partial charge in [0.2, 0.25) is 5.69 Å². The quantitative estimate of drug-likeness (QED) is 0.0843. The van der Waals surface area contributed by atoms with Gasteiger partial charge in [0.25, 0.3) is 0 Å². The summed E-state index contributed by atoms with van der Waals surface area (Å²) < 4.78 is 98.2. The van der Waals surface area contributed by atoms with Crippen LogP contribution in [0.1, 0.15) is 62.2 Å². The molecule has 5 heterocycles. The molecule has 0 spiro atoms. The van der Waals surface area contributed by atoms with E-state index in [9.17, 15) is 13.2 Å². The molecule has 0 saturated heterocycles. The molecule has 0 saturated carbocycles. The molecule has 3 aromatic heterocycles. The Kier molecular flexibility index (Phi) is 8.88. The molecular formula is C32H34BF5N6O3S. The zero-order chi connectivity index (χ0) is 35.5. The van der Waals surface area contributed by atoms with Crippen molar-refractivity contribution < 1.29 is 43.8 Å². The van der Waals surface area contributed by atoms with Crippen LogP contribution in [0.25, 0.3) is 22.6 Å². The molecule has 16 heteroatoms. The third-order valence-electron chi connectivity index (χ3n) is 9.01. The molecule has 48 heavy (non-hydrogen) atoms. The number of aromatic nitrogens is 5. The molecule has 0 atom stereocenters. The lowest BCUT2D eigenvalue weighted by atomic mass is 9.83. The van der Waals surface area contributed by atoms with Gasteiger partial charge in [-0.05, 0) is 74.2 Å². The molecular weight excluding hydrogens is 654 g/mol. The Morgan fingerprint density at radius 3 is 2.15 bits per heavy atom. The lowest BCUT2D eigenvalue weighted by molar-refractivity contribution is -0.660. The van der Waals surface area contributed by atoms with Crippen LogP contribution >= 0.6 is 0 Å². The van der Waals surface area contributed by atoms with Gasteiger partial charge in [0.05, 0.1) is 17.5 Å². The average Bonchev–Trinajstić information content (AvgIpc) is 3.67. The van der Waals surface area contributed by atoms with E-state index in [-0.39, 0.29) is 0 Å². The average molecular weight is 689 g/mol. The number of aryl methyl sites for hydroxylation is 1. The Morgan fingerprint density at radius 1 is 0.979 bits per heavy atom. The van der Waals surface area contributed by atoms with Crippen LogP contribution in [0.5, 0.6) is 0 Å². The van der Waals surface area contributed by atoms with Crippen LogP contribution < -0.4 is 4.57 Å². The topological polar surface area (TPSA) is 99.7 Å². The monoisotopic (exact) mass is 688 g/mol. The Morgan fingerprint density at radius 2 is 1.60 bits per heavy atom. The van der Waals surface area contributed by atoms with Crippen LogP contribution in [0.2, 0.25) is 0 Å². The Bertz CT molecular complexity index is 2150. The molecule has 2 aliphatic rings. The van der Waals surface area contributed by atoms with Gasteiger partial charge in [0, 0.05) is 35.9 Å². The molecule has 9 nitrogen and oxygen atoms in total. The molecule has 6 rings (SSSR count). The van der Waals surface area contributed by atoms with Crippen LogP contribution in [0.4, 0.5) is 21.8 Å². The van der Waals surface area contributed by atoms with Crippen molar-refractivity contribution in [2.45, 2.75) is 59.9 Å². The highest BCUT2D eigenvalue weighted by atomic mass is 32.2. The predicted octanol–water partition coefficient (Wildman–Crippen LogP) is 6.00. The van der Waals surface area contributed by atoms with Crippen molar-refractivity contribution >= 4 is 28.4 Å². The number of fused-ring (bicyclic) bond motifs is 2. The first-order valence-electron chi connectivity index (χ1n) is 15.2. The van der Waals surface area contributed by atoms with E-state index >= 15 is 8.63 Å². The Hall–Kier alpha value is -4.44. The summed E-state index contributed by atoms with van der Waals surface area (Å²) in [7, 11) is -4.12. The van der Waals surface area contributed by atoms with Crippen LogP contribution in [-0.2, 0) is 23.6 Å². The lowest BCUT2D eigenvalue weighted by Gasteiger charge is -2.34. The fourth-order valence-corrected chi connectivity index (χ4v) is 6.83. The first-order chi connectivity index (χ1) is 22.4. The van der Waals surface area contributed by atoms with Gasteiger partial charge in [-0.3, -0.25) is 0 Å². The largest absolute Gasteiger partial charge is 0.741 e. The smallest absolute Gasteiger partial charge is 0.737 e. The number of hydrogen-bond acceptors (Lipinski definition) is 5. The van der Waals surface area contributed by atoms with Crippen LogP contribution in [0, 0.1) is 13.8 Å². The molecule has 1 aromatic carbocycles. The van der Waals surface area contributed by atoms with Gasteiger partial charge in [-0.15, -0.1) is 5.10 Å². The van der Waals surface area contributed by atoms with Gasteiger partial charge in [-0.2, -0.15) is 17.7 Å². The van der Waals surface area contributed by atoms with Gasteiger partial charge in [0.1, 0.15) is 12.8 Å². The molecule has 0 N–H and O–H groups in total. The number of hydrogen-bond donors (Lipinski definition) is 0. The van der Waals surface area contributed by atoms with Crippen molar-refractivity contribution in [3.63, 3.8) is 0 Å². The zero-order valence-electron chi connectivity index (χ0n) is 27.4. The molecule has 0 radical (unpaired) electrons. The maximum atomic E-state index is 16.5. The number of allylic oxidation sites excluding steroid dienone is 2. The first-order valence-corrected chi connectivity index (χ1v) is 16.6. The third kappa shape index (κ3) is 5.59. The summed E-state index contributed by atoms with van der Waals surface area (Å²) in [6.07, 6.45) is 5.29. The number of pyridine rings is 1. The van der Waals surface area contributed by atoms with Crippen LogP contribution in [0.15, 0.2) is 71.7 Å². The number of rotatable bonds is 5. The second-order valence-electron chi connectivity index (χ2n) is 11.7. The minimum atomic E-state index is -6.09. The van der Waals surface area contributed by atoms with Crippen LogP contribution in [0.3, 0.4) is 0 Å². The van der Waals surface area contributed by atoms with E-state index in [0.29, 0.717) is 35.6 Å². The van der Waals surface area contributed by atoms with Gasteiger partial charge < -0.3 is 22.1 Å². The van der Waals surface area contributed by atoms with E-state index in [0.717, 1.165) is 50.5 Å². The molecule has 0 amide bonds. The highest BCUT2D eigenvalue weighted by molar-refractivity contribution is 7.86. The fourth-order valence-electron chi connectivity index (χ4n) is 6.83. The standard InChI is InChI=1S/C31H34BF2N6.CHF3O3S/c1-8-25-19(3)30-29(31-20(4)26(9-2)22(6)40(31)32(33,34)39(30)21(25)5)23-13-15-24(16-14-23)38-18-27(35-36-38)28-12-10-11-17-37(28)7;2-1(3,4)8(5,6)7/h10-18H,8-9H2,1-7H3;(H,5,6,7)/q+1;/p-1. The molecule has 0 unspecified atom stereocenters. The zero-order valence-corrected chi connectivity index (χ0v) is 28.2. The van der Waals surface area contributed by atoms with E-state index in [1.54, 1.807) is 4.68 Å². The number of halogens is 5. The van der Waals surface area contributed by atoms with E-state index in [1.165, 1.54) is 8.96 Å². The number of nitrogens with zero attached hydrogens (tertiary/aromatic N) is 6. The maximum absolute atomic E-state index is 16.5. The van der Waals surface area contributed by atoms with Crippen molar-refractivity contribution in [1.29, 1.82) is 0 Å². The minimum Gasteiger partial charge on any atom is -0.741 e. The van der Waals surface area contributed by atoms with Crippen molar-refractivity contribution in [3.8, 4) is 17.1 Å². The van der Waals surface area contributed by atoms with E-state index in [1.807, 2.05) is 108 Å². The summed E-state index contributed by atoms with van der Waals surface area (Å²) in [6, 6.07) is 13.9. The van der Waals surface area contributed by atoms with Crippen molar-refractivity contribution in [2.24, 2.45) is 7.05 Å². The number of benzene rings is 1. The van der Waals surface area contributed by atoms with E-state index in [2.05, 4.69) is 10.3 Å². The number of alkyl halides is 3. The molecule has 0 aliphatic carbocycles. The van der Waals surface area contributed by atoms with Crippen LogP contribution in [-0.4, -0.2) is 55.1 Å². The van der Waals surface area contributed by atoms with Gasteiger partial charge in [-0.25, -0.2) is 13.1 Å². The Balaban J connectivity index is 0.000000503. The first kappa shape index (κ1) is 34.9. The highest BCUT2D eigenvalue weighted by Crippen LogP contribution is 2.47. The van der Waals surface area contributed by atoms with E-state index in [4.69, 9.17) is 13.0 Å². The maximum Gasteiger partial charge on any atom is 0.737 e. The molecule has 4 aromatic rings. The second-order valence-corrected chi connectivity index (χ2v) is 13.0. The molecule has 0 bridgehead atoms. The summed E-state index contributed by atoms with van der Waals surface area (Å²) in [6.45, 7) is 7.67. The normalized spacial score (nSPS) is 15.9. The summed E-state index contributed by atoms with van der Waals surface area (Å²) >= 11 is 0. The van der Waals surface area contributed by atoms with Crippen molar-refractivity contribution in [2.75, 3.05) is 0 Å². The van der Waals surface area contributed by atoms with Crippen molar-refractivity contribution in [3.05, 3.63) is 99.8 Å².